The minimum absolute atomic E-state index is 0.149. The Balaban J connectivity index is 2.13. The molecule has 0 spiro atoms. The third kappa shape index (κ3) is 3.41. The van der Waals surface area contributed by atoms with Crippen LogP contribution >= 0.6 is 11.6 Å². The Morgan fingerprint density at radius 3 is 2.33 bits per heavy atom. The number of hydrogen-bond donors (Lipinski definition) is 1. The molecule has 1 aliphatic heterocycles. The first kappa shape index (κ1) is 18.9. The van der Waals surface area contributed by atoms with Crippen LogP contribution in [0.15, 0.2) is 54.2 Å². The number of likely N-dealkylation sites (N-methyl/N-ethyl adjacent to an activating group) is 1. The molecule has 6 nitrogen and oxygen atoms in total. The van der Waals surface area contributed by atoms with Crippen LogP contribution in [-0.4, -0.2) is 49.1 Å². The second kappa shape index (κ2) is 7.82. The van der Waals surface area contributed by atoms with Gasteiger partial charge in [-0.3, -0.25) is 9.59 Å². The van der Waals surface area contributed by atoms with E-state index in [2.05, 4.69) is 0 Å². The molecular weight excluding hydrogens is 368 g/mol. The number of aliphatic hydroxyl groups is 1. The number of rotatable bonds is 6. The zero-order valence-corrected chi connectivity index (χ0v) is 15.7. The largest absolute Gasteiger partial charge is 0.497 e. The number of nitrogens with zero attached hydrogens (tertiary/aromatic N) is 2. The van der Waals surface area contributed by atoms with E-state index in [0.29, 0.717) is 22.0 Å². The second-order valence-electron chi connectivity index (χ2n) is 5.99. The van der Waals surface area contributed by atoms with Gasteiger partial charge in [-0.25, -0.2) is 4.90 Å². The fourth-order valence-electron chi connectivity index (χ4n) is 3.00. The number of hydrogen-bond acceptors (Lipinski definition) is 5. The lowest BCUT2D eigenvalue weighted by molar-refractivity contribution is -0.120. The van der Waals surface area contributed by atoms with E-state index in [4.69, 9.17) is 16.3 Å². The Bertz CT molecular complexity index is 908. The van der Waals surface area contributed by atoms with Gasteiger partial charge in [-0.05, 0) is 29.8 Å². The van der Waals surface area contributed by atoms with Crippen LogP contribution in [0, 0.1) is 0 Å². The molecule has 0 aromatic heterocycles. The van der Waals surface area contributed by atoms with Crippen LogP contribution in [0.25, 0.3) is 5.57 Å². The summed E-state index contributed by atoms with van der Waals surface area (Å²) in [7, 11) is 3.22. The van der Waals surface area contributed by atoms with Crippen LogP contribution in [0.1, 0.15) is 5.56 Å². The number of anilines is 1. The summed E-state index contributed by atoms with van der Waals surface area (Å²) in [5.41, 5.74) is 1.40. The molecule has 1 heterocycles. The van der Waals surface area contributed by atoms with Crippen LogP contribution in [0.3, 0.4) is 0 Å². The molecule has 0 fully saturated rings. The summed E-state index contributed by atoms with van der Waals surface area (Å²) in [6, 6.07) is 13.6. The lowest BCUT2D eigenvalue weighted by Gasteiger charge is -2.20. The maximum absolute atomic E-state index is 13.2. The topological polar surface area (TPSA) is 70.1 Å². The highest BCUT2D eigenvalue weighted by Gasteiger charge is 2.42. The second-order valence-corrected chi connectivity index (χ2v) is 6.40. The standard InChI is InChI=1S/C20H19ClN2O4/c1-22(11-12-24)18-17(13-7-9-14(27-2)10-8-13)19(25)23(20(18)26)16-6-4-3-5-15(16)21/h3-10,24H,11-12H2,1-2H3. The maximum atomic E-state index is 13.2. The molecule has 0 bridgehead atoms. The molecule has 0 saturated carbocycles. The lowest BCUT2D eigenvalue weighted by Crippen LogP contribution is -2.35. The summed E-state index contributed by atoms with van der Waals surface area (Å²) in [6.45, 7) is 0.0633. The van der Waals surface area contributed by atoms with Crippen molar-refractivity contribution in [2.75, 3.05) is 32.2 Å². The molecular formula is C20H19ClN2O4. The number of methoxy groups -OCH3 is 1. The Morgan fingerprint density at radius 2 is 1.74 bits per heavy atom. The molecule has 1 aliphatic rings. The molecule has 3 rings (SSSR count). The van der Waals surface area contributed by atoms with Gasteiger partial charge in [0.25, 0.3) is 11.8 Å². The predicted octanol–water partition coefficient (Wildman–Crippen LogP) is 2.56. The number of halogens is 1. The average molecular weight is 387 g/mol. The van der Waals surface area contributed by atoms with Crippen LogP contribution in [-0.2, 0) is 9.59 Å². The summed E-state index contributed by atoms with van der Waals surface area (Å²) in [5.74, 6) is -0.294. The van der Waals surface area contributed by atoms with Crippen LogP contribution < -0.4 is 9.64 Å². The van der Waals surface area contributed by atoms with Gasteiger partial charge >= 0.3 is 0 Å². The molecule has 0 unspecified atom stereocenters. The highest BCUT2D eigenvalue weighted by atomic mass is 35.5. The van der Waals surface area contributed by atoms with E-state index in [1.807, 2.05) is 0 Å². The minimum atomic E-state index is -0.477. The quantitative estimate of drug-likeness (QED) is 0.773. The van der Waals surface area contributed by atoms with E-state index in [9.17, 15) is 14.7 Å². The zero-order chi connectivity index (χ0) is 19.6. The van der Waals surface area contributed by atoms with Crippen molar-refractivity contribution in [1.29, 1.82) is 0 Å². The molecule has 27 heavy (non-hydrogen) atoms. The number of para-hydroxylation sites is 1. The van der Waals surface area contributed by atoms with Crippen molar-refractivity contribution in [3.8, 4) is 5.75 Å². The van der Waals surface area contributed by atoms with Gasteiger partial charge in [0, 0.05) is 13.6 Å². The van der Waals surface area contributed by atoms with E-state index >= 15 is 0 Å². The van der Waals surface area contributed by atoms with Crippen molar-refractivity contribution in [3.05, 3.63) is 64.8 Å². The molecule has 140 valence electrons. The minimum Gasteiger partial charge on any atom is -0.497 e. The molecule has 2 aromatic carbocycles. The number of imide groups is 1. The Kier molecular flexibility index (Phi) is 5.48. The van der Waals surface area contributed by atoms with Gasteiger partial charge in [-0.2, -0.15) is 0 Å². The molecule has 7 heteroatoms. The molecule has 2 aromatic rings. The Labute approximate surface area is 162 Å². The first-order valence-corrected chi connectivity index (χ1v) is 8.71. The lowest BCUT2D eigenvalue weighted by atomic mass is 10.0. The number of amides is 2. The number of aliphatic hydroxyl groups excluding tert-OH is 1. The summed E-state index contributed by atoms with van der Waals surface area (Å²) in [4.78, 5) is 29.0. The zero-order valence-electron chi connectivity index (χ0n) is 15.0. The third-order valence-electron chi connectivity index (χ3n) is 4.35. The number of carbonyl (C=O) groups excluding carboxylic acids is 2. The monoisotopic (exact) mass is 386 g/mol. The third-order valence-corrected chi connectivity index (χ3v) is 4.67. The Hall–Kier alpha value is -2.83. The Morgan fingerprint density at radius 1 is 1.07 bits per heavy atom. The van der Waals surface area contributed by atoms with Crippen LogP contribution in [0.4, 0.5) is 5.69 Å². The van der Waals surface area contributed by atoms with Gasteiger partial charge in [0.15, 0.2) is 0 Å². The van der Waals surface area contributed by atoms with Crippen LogP contribution in [0.5, 0.6) is 5.75 Å². The molecule has 0 saturated heterocycles. The van der Waals surface area contributed by atoms with Crippen molar-refractivity contribution in [3.63, 3.8) is 0 Å². The van der Waals surface area contributed by atoms with E-state index in [1.54, 1.807) is 67.6 Å². The van der Waals surface area contributed by atoms with Gasteiger partial charge in [0.1, 0.15) is 11.4 Å². The number of ether oxygens (including phenoxy) is 1. The van der Waals surface area contributed by atoms with Gasteiger partial charge < -0.3 is 14.7 Å². The van der Waals surface area contributed by atoms with Gasteiger partial charge in [0.05, 0.1) is 30.0 Å². The van der Waals surface area contributed by atoms with E-state index in [-0.39, 0.29) is 24.4 Å². The van der Waals surface area contributed by atoms with Gasteiger partial charge in [-0.15, -0.1) is 0 Å². The van der Waals surface area contributed by atoms with E-state index in [0.717, 1.165) is 4.90 Å². The van der Waals surface area contributed by atoms with Gasteiger partial charge in [0.2, 0.25) is 0 Å². The first-order valence-electron chi connectivity index (χ1n) is 8.33. The normalized spacial score (nSPS) is 14.1. The summed E-state index contributed by atoms with van der Waals surface area (Å²) in [6.07, 6.45) is 0. The molecule has 2 amide bonds. The fourth-order valence-corrected chi connectivity index (χ4v) is 3.22. The van der Waals surface area contributed by atoms with Crippen molar-refractivity contribution < 1.29 is 19.4 Å². The highest BCUT2D eigenvalue weighted by Crippen LogP contribution is 2.37. The van der Waals surface area contributed by atoms with E-state index < -0.39 is 11.8 Å². The molecule has 0 radical (unpaired) electrons. The van der Waals surface area contributed by atoms with Crippen LogP contribution in [0.2, 0.25) is 5.02 Å². The smallest absolute Gasteiger partial charge is 0.282 e. The summed E-state index contributed by atoms with van der Waals surface area (Å²) in [5, 5.41) is 9.59. The number of carbonyl (C=O) groups is 2. The van der Waals surface area contributed by atoms with Crippen molar-refractivity contribution in [1.82, 2.24) is 4.90 Å². The highest BCUT2D eigenvalue weighted by molar-refractivity contribution is 6.47. The predicted molar refractivity (Wildman–Crippen MR) is 104 cm³/mol. The molecule has 0 atom stereocenters. The van der Waals surface area contributed by atoms with Crippen molar-refractivity contribution >= 4 is 34.7 Å². The van der Waals surface area contributed by atoms with Crippen molar-refractivity contribution in [2.24, 2.45) is 0 Å². The summed E-state index contributed by atoms with van der Waals surface area (Å²) < 4.78 is 5.16. The van der Waals surface area contributed by atoms with Crippen molar-refractivity contribution in [2.45, 2.75) is 0 Å². The molecule has 1 N–H and O–H groups in total. The first-order chi connectivity index (χ1) is 13.0. The van der Waals surface area contributed by atoms with Gasteiger partial charge in [-0.1, -0.05) is 35.9 Å². The average Bonchev–Trinajstić information content (AvgIpc) is 2.93. The molecule has 0 aliphatic carbocycles. The van der Waals surface area contributed by atoms with E-state index in [1.165, 1.54) is 0 Å². The SMILES string of the molecule is COc1ccc(C2=C(N(C)CCO)C(=O)N(c3ccccc3Cl)C2=O)cc1. The fraction of sp³-hybridized carbons (Fsp3) is 0.200. The maximum Gasteiger partial charge on any atom is 0.282 e. The number of benzene rings is 2. The summed E-state index contributed by atoms with van der Waals surface area (Å²) >= 11 is 6.22.